The van der Waals surface area contributed by atoms with Crippen LogP contribution in [0.15, 0.2) is 6.07 Å². The first-order valence-corrected chi connectivity index (χ1v) is 6.80. The van der Waals surface area contributed by atoms with Crippen molar-refractivity contribution in [1.82, 2.24) is 9.97 Å². The highest BCUT2D eigenvalue weighted by Crippen LogP contribution is 2.38. The summed E-state index contributed by atoms with van der Waals surface area (Å²) in [5.41, 5.74) is 0.882. The number of aliphatic carboxylic acids is 1. The second-order valence-electron chi connectivity index (χ2n) is 5.69. The fourth-order valence-corrected chi connectivity index (χ4v) is 2.06. The van der Waals surface area contributed by atoms with Crippen LogP contribution in [0.25, 0.3) is 0 Å². The van der Waals surface area contributed by atoms with Gasteiger partial charge in [0.15, 0.2) is 0 Å². The summed E-state index contributed by atoms with van der Waals surface area (Å²) in [5.74, 6) is 1.42. The first-order valence-electron chi connectivity index (χ1n) is 6.80. The van der Waals surface area contributed by atoms with Crippen LogP contribution in [0.5, 0.6) is 0 Å². The molecular formula is C14H21N3O2. The lowest BCUT2D eigenvalue weighted by atomic mass is 10.0. The lowest BCUT2D eigenvalue weighted by molar-refractivity contribution is -0.138. The average Bonchev–Trinajstić information content (AvgIpc) is 3.10. The Morgan fingerprint density at radius 3 is 2.68 bits per heavy atom. The van der Waals surface area contributed by atoms with Crippen molar-refractivity contribution in [3.8, 4) is 0 Å². The van der Waals surface area contributed by atoms with E-state index in [1.165, 1.54) is 0 Å². The van der Waals surface area contributed by atoms with Crippen LogP contribution in [0.4, 0.5) is 5.82 Å². The summed E-state index contributed by atoms with van der Waals surface area (Å²) in [6.07, 6.45) is 2.85. The van der Waals surface area contributed by atoms with Crippen molar-refractivity contribution in [2.24, 2.45) is 5.92 Å². The quantitative estimate of drug-likeness (QED) is 0.825. The third-order valence-corrected chi connectivity index (χ3v) is 3.14. The Bertz CT molecular complexity index is 470. The zero-order chi connectivity index (χ0) is 14.0. The summed E-state index contributed by atoms with van der Waals surface area (Å²) in [6, 6.07) is 1.21. The Hall–Kier alpha value is -1.65. The number of anilines is 1. The van der Waals surface area contributed by atoms with Crippen molar-refractivity contribution in [1.29, 1.82) is 0 Å². The number of aryl methyl sites for hydroxylation is 1. The van der Waals surface area contributed by atoms with Crippen LogP contribution < -0.4 is 5.32 Å². The maximum absolute atomic E-state index is 11.2. The van der Waals surface area contributed by atoms with Gasteiger partial charge in [0.05, 0.1) is 0 Å². The highest BCUT2D eigenvalue weighted by Gasteiger charge is 2.27. The minimum absolute atomic E-state index is 0.319. The summed E-state index contributed by atoms with van der Waals surface area (Å²) in [6.45, 7) is 5.94. The molecule has 2 N–H and O–H groups in total. The fraction of sp³-hybridized carbons (Fsp3) is 0.643. The van der Waals surface area contributed by atoms with Gasteiger partial charge in [0, 0.05) is 17.7 Å². The van der Waals surface area contributed by atoms with Gasteiger partial charge in [-0.3, -0.25) is 0 Å². The van der Waals surface area contributed by atoms with Gasteiger partial charge >= 0.3 is 5.97 Å². The van der Waals surface area contributed by atoms with Gasteiger partial charge in [-0.15, -0.1) is 0 Å². The van der Waals surface area contributed by atoms with Crippen LogP contribution in [0.1, 0.15) is 50.5 Å². The smallest absolute Gasteiger partial charge is 0.326 e. The molecule has 5 heteroatoms. The Morgan fingerprint density at radius 1 is 1.47 bits per heavy atom. The summed E-state index contributed by atoms with van der Waals surface area (Å²) in [5, 5.41) is 12.3. The molecule has 0 aromatic carbocycles. The fourth-order valence-electron chi connectivity index (χ4n) is 2.06. The largest absolute Gasteiger partial charge is 0.480 e. The van der Waals surface area contributed by atoms with Crippen LogP contribution in [0.2, 0.25) is 0 Å². The summed E-state index contributed by atoms with van der Waals surface area (Å²) in [7, 11) is 0. The summed E-state index contributed by atoms with van der Waals surface area (Å²) >= 11 is 0. The molecule has 0 bridgehead atoms. The van der Waals surface area contributed by atoms with E-state index >= 15 is 0 Å². The van der Waals surface area contributed by atoms with Crippen molar-refractivity contribution < 1.29 is 9.90 Å². The van der Waals surface area contributed by atoms with Crippen LogP contribution >= 0.6 is 0 Å². The molecule has 1 aliphatic rings. The predicted molar refractivity (Wildman–Crippen MR) is 73.2 cm³/mol. The number of nitrogens with zero attached hydrogens (tertiary/aromatic N) is 2. The van der Waals surface area contributed by atoms with Gasteiger partial charge in [-0.2, -0.15) is 0 Å². The van der Waals surface area contributed by atoms with Gasteiger partial charge in [0.2, 0.25) is 0 Å². The topological polar surface area (TPSA) is 75.1 Å². The molecule has 0 spiro atoms. The number of carbonyl (C=O) groups is 1. The first-order chi connectivity index (χ1) is 8.95. The molecule has 5 nitrogen and oxygen atoms in total. The monoisotopic (exact) mass is 263 g/mol. The van der Waals surface area contributed by atoms with Gasteiger partial charge < -0.3 is 10.4 Å². The Kier molecular flexibility index (Phi) is 4.02. The molecule has 1 saturated carbocycles. The van der Waals surface area contributed by atoms with Crippen LogP contribution in [-0.2, 0) is 4.79 Å². The molecule has 0 amide bonds. The molecule has 1 aromatic rings. The Balaban J connectivity index is 2.13. The molecule has 1 heterocycles. The highest BCUT2D eigenvalue weighted by molar-refractivity contribution is 5.76. The molecule has 19 heavy (non-hydrogen) atoms. The Labute approximate surface area is 113 Å². The highest BCUT2D eigenvalue weighted by atomic mass is 16.4. The van der Waals surface area contributed by atoms with Crippen molar-refractivity contribution in [2.75, 3.05) is 5.32 Å². The lowest BCUT2D eigenvalue weighted by Crippen LogP contribution is -2.31. The molecule has 0 radical (unpaired) electrons. The zero-order valence-corrected chi connectivity index (χ0v) is 11.7. The van der Waals surface area contributed by atoms with Crippen molar-refractivity contribution >= 4 is 11.8 Å². The van der Waals surface area contributed by atoms with E-state index in [0.29, 0.717) is 24.1 Å². The molecule has 1 fully saturated rings. The molecule has 0 aliphatic heterocycles. The minimum atomic E-state index is -0.835. The number of aromatic nitrogens is 2. The van der Waals surface area contributed by atoms with Gasteiger partial charge in [0.25, 0.3) is 0 Å². The van der Waals surface area contributed by atoms with Gasteiger partial charge in [0.1, 0.15) is 17.7 Å². The zero-order valence-electron chi connectivity index (χ0n) is 11.7. The number of hydrogen-bond donors (Lipinski definition) is 2. The van der Waals surface area contributed by atoms with Gasteiger partial charge in [-0.25, -0.2) is 14.8 Å². The van der Waals surface area contributed by atoms with Crippen molar-refractivity contribution in [2.45, 2.75) is 52.0 Å². The van der Waals surface area contributed by atoms with E-state index in [2.05, 4.69) is 15.3 Å². The summed E-state index contributed by atoms with van der Waals surface area (Å²) < 4.78 is 0. The van der Waals surface area contributed by atoms with Gasteiger partial charge in [-0.1, -0.05) is 13.8 Å². The number of carboxylic acids is 1. The van der Waals surface area contributed by atoms with E-state index in [1.54, 1.807) is 0 Å². The molecule has 1 aliphatic carbocycles. The summed E-state index contributed by atoms with van der Waals surface area (Å²) in [4.78, 5) is 20.1. The van der Waals surface area contributed by atoms with Crippen LogP contribution in [0.3, 0.4) is 0 Å². The van der Waals surface area contributed by atoms with E-state index in [0.717, 1.165) is 24.4 Å². The number of nitrogens with one attached hydrogen (secondary N) is 1. The molecule has 1 aromatic heterocycles. The third-order valence-electron chi connectivity index (χ3n) is 3.14. The molecule has 104 valence electrons. The molecule has 0 saturated heterocycles. The van der Waals surface area contributed by atoms with Crippen molar-refractivity contribution in [3.05, 3.63) is 17.6 Å². The van der Waals surface area contributed by atoms with Crippen LogP contribution in [-0.4, -0.2) is 27.1 Å². The maximum Gasteiger partial charge on any atom is 0.326 e. The van der Waals surface area contributed by atoms with E-state index < -0.39 is 12.0 Å². The van der Waals surface area contributed by atoms with Crippen LogP contribution in [0, 0.1) is 12.8 Å². The van der Waals surface area contributed by atoms with E-state index in [4.69, 9.17) is 0 Å². The predicted octanol–water partition coefficient (Wildman–Crippen LogP) is 2.57. The SMILES string of the molecule is Cc1cc(NC(CC(C)C)C(=O)O)nc(C2CC2)n1. The Morgan fingerprint density at radius 2 is 2.16 bits per heavy atom. The molecular weight excluding hydrogens is 242 g/mol. The number of carboxylic acid groups (broad SMARTS) is 1. The standard InChI is InChI=1S/C14H21N3O2/c1-8(2)6-11(14(18)19)16-12-7-9(3)15-13(17-12)10-4-5-10/h7-8,10-11H,4-6H2,1-3H3,(H,18,19)(H,15,16,17). The molecule has 1 unspecified atom stereocenters. The second-order valence-corrected chi connectivity index (χ2v) is 5.69. The molecule has 1 atom stereocenters. The van der Waals surface area contributed by atoms with E-state index in [1.807, 2.05) is 26.8 Å². The number of rotatable bonds is 6. The maximum atomic E-state index is 11.2. The van der Waals surface area contributed by atoms with E-state index in [-0.39, 0.29) is 0 Å². The molecule has 2 rings (SSSR count). The van der Waals surface area contributed by atoms with Gasteiger partial charge in [-0.05, 0) is 32.1 Å². The number of hydrogen-bond acceptors (Lipinski definition) is 4. The van der Waals surface area contributed by atoms with E-state index in [9.17, 15) is 9.90 Å². The normalized spacial score (nSPS) is 16.4. The third kappa shape index (κ3) is 3.91. The van der Waals surface area contributed by atoms with Crippen molar-refractivity contribution in [3.63, 3.8) is 0 Å². The second kappa shape index (κ2) is 5.55. The first kappa shape index (κ1) is 13.8. The minimum Gasteiger partial charge on any atom is -0.480 e. The average molecular weight is 263 g/mol. The lowest BCUT2D eigenvalue weighted by Gasteiger charge is -2.17.